The number of hydrogen-bond donors (Lipinski definition) is 2. The molecule has 0 bridgehead atoms. The van der Waals surface area contributed by atoms with Crippen LogP contribution in [-0.2, 0) is 13.2 Å². The molecule has 0 atom stereocenters. The second-order valence-electron chi connectivity index (χ2n) is 4.07. The Balaban J connectivity index is 2.57. The summed E-state index contributed by atoms with van der Waals surface area (Å²) in [6.07, 6.45) is -4.70. The first-order valence-corrected chi connectivity index (χ1v) is 5.38. The minimum absolute atomic E-state index is 0.109. The van der Waals surface area contributed by atoms with Gasteiger partial charge >= 0.3 is 12.1 Å². The molecule has 0 unspecified atom stereocenters. The van der Waals surface area contributed by atoms with Gasteiger partial charge in [-0.1, -0.05) is 0 Å². The number of carbonyl (C=O) groups is 1. The third kappa shape index (κ3) is 2.44. The van der Waals surface area contributed by atoms with Crippen molar-refractivity contribution >= 4 is 5.97 Å². The largest absolute Gasteiger partial charge is 0.507 e. The highest BCUT2D eigenvalue weighted by Gasteiger charge is 2.34. The van der Waals surface area contributed by atoms with Crippen molar-refractivity contribution in [2.24, 2.45) is 7.05 Å². The van der Waals surface area contributed by atoms with Gasteiger partial charge < -0.3 is 10.2 Å². The molecular formula is C12H9F3N2O3. The van der Waals surface area contributed by atoms with Gasteiger partial charge in [-0.25, -0.2) is 4.79 Å². The summed E-state index contributed by atoms with van der Waals surface area (Å²) in [7, 11) is 1.42. The minimum Gasteiger partial charge on any atom is -0.507 e. The van der Waals surface area contributed by atoms with Crippen LogP contribution < -0.4 is 0 Å². The Hall–Kier alpha value is -2.51. The molecular weight excluding hydrogens is 277 g/mol. The summed E-state index contributed by atoms with van der Waals surface area (Å²) in [5.41, 5.74) is -1.15. The number of aromatic nitrogens is 2. The van der Waals surface area contributed by atoms with E-state index in [0.29, 0.717) is 0 Å². The molecule has 5 nitrogen and oxygen atoms in total. The van der Waals surface area contributed by atoms with Crippen molar-refractivity contribution in [1.82, 2.24) is 9.78 Å². The lowest BCUT2D eigenvalue weighted by atomic mass is 10.1. The van der Waals surface area contributed by atoms with Gasteiger partial charge in [-0.05, 0) is 24.3 Å². The van der Waals surface area contributed by atoms with Gasteiger partial charge in [0.05, 0.1) is 11.3 Å². The summed E-state index contributed by atoms with van der Waals surface area (Å²) in [5, 5.41) is 21.7. The molecule has 0 fully saturated rings. The molecule has 0 saturated heterocycles. The van der Waals surface area contributed by atoms with Crippen LogP contribution in [0, 0.1) is 0 Å². The third-order valence-electron chi connectivity index (χ3n) is 2.70. The Bertz CT molecular complexity index is 677. The van der Waals surface area contributed by atoms with E-state index in [1.165, 1.54) is 13.1 Å². The highest BCUT2D eigenvalue weighted by atomic mass is 19.4. The number of phenolic OH excluding ortho intramolecular Hbond substituents is 1. The van der Waals surface area contributed by atoms with Crippen molar-refractivity contribution in [3.8, 4) is 17.0 Å². The predicted octanol–water partition coefficient (Wildman–Crippen LogP) is 2.51. The van der Waals surface area contributed by atoms with Crippen LogP contribution in [0.4, 0.5) is 13.2 Å². The summed E-state index contributed by atoms with van der Waals surface area (Å²) in [5.74, 6) is -2.16. The van der Waals surface area contributed by atoms with E-state index < -0.39 is 23.5 Å². The van der Waals surface area contributed by atoms with Gasteiger partial charge in [0.15, 0.2) is 5.69 Å². The van der Waals surface area contributed by atoms with Gasteiger partial charge in [-0.15, -0.1) is 0 Å². The van der Waals surface area contributed by atoms with E-state index in [0.717, 1.165) is 22.9 Å². The zero-order valence-corrected chi connectivity index (χ0v) is 10.1. The fraction of sp³-hybridized carbons (Fsp3) is 0.167. The van der Waals surface area contributed by atoms with Crippen molar-refractivity contribution in [2.45, 2.75) is 6.18 Å². The standard InChI is InChI=1S/C12H9F3N2O3/c1-17-9(5-8(16-17)11(19)20)6-2-3-10(18)7(4-6)12(13,14)15/h2-5,18H,1H3,(H,19,20). The number of nitrogens with zero attached hydrogens (tertiary/aromatic N) is 2. The number of hydrogen-bond acceptors (Lipinski definition) is 3. The van der Waals surface area contributed by atoms with Crippen LogP contribution in [0.1, 0.15) is 16.1 Å². The highest BCUT2D eigenvalue weighted by molar-refractivity contribution is 5.87. The first-order valence-electron chi connectivity index (χ1n) is 5.38. The number of aromatic carboxylic acids is 1. The van der Waals surface area contributed by atoms with Crippen molar-refractivity contribution in [3.05, 3.63) is 35.5 Å². The maximum absolute atomic E-state index is 12.7. The number of aryl methyl sites for hydroxylation is 1. The lowest BCUT2D eigenvalue weighted by Gasteiger charge is -2.10. The van der Waals surface area contributed by atoms with Crippen molar-refractivity contribution < 1.29 is 28.2 Å². The predicted molar refractivity (Wildman–Crippen MR) is 62.3 cm³/mol. The summed E-state index contributed by atoms with van der Waals surface area (Å²) >= 11 is 0. The molecule has 0 saturated carbocycles. The Labute approximate surface area is 110 Å². The lowest BCUT2D eigenvalue weighted by molar-refractivity contribution is -0.138. The average Bonchev–Trinajstić information content (AvgIpc) is 2.71. The molecule has 0 aliphatic heterocycles. The number of halogens is 3. The van der Waals surface area contributed by atoms with Gasteiger partial charge in [-0.3, -0.25) is 4.68 Å². The maximum Gasteiger partial charge on any atom is 0.419 e. The number of rotatable bonds is 2. The summed E-state index contributed by atoms with van der Waals surface area (Å²) < 4.78 is 39.3. The molecule has 1 aromatic carbocycles. The first-order chi connectivity index (χ1) is 9.20. The smallest absolute Gasteiger partial charge is 0.419 e. The summed E-state index contributed by atoms with van der Waals surface area (Å²) in [6.45, 7) is 0. The number of aromatic hydroxyl groups is 1. The molecule has 0 spiro atoms. The number of carboxylic acids is 1. The molecule has 0 aliphatic carbocycles. The summed E-state index contributed by atoms with van der Waals surface area (Å²) in [4.78, 5) is 10.8. The molecule has 0 amide bonds. The molecule has 1 heterocycles. The van der Waals surface area contributed by atoms with Gasteiger partial charge in [0.2, 0.25) is 0 Å². The van der Waals surface area contributed by atoms with Gasteiger partial charge in [0, 0.05) is 12.6 Å². The van der Waals surface area contributed by atoms with Crippen LogP contribution in [0.15, 0.2) is 24.3 Å². The molecule has 2 rings (SSSR count). The Morgan fingerprint density at radius 1 is 1.30 bits per heavy atom. The van der Waals surface area contributed by atoms with Crippen molar-refractivity contribution in [1.29, 1.82) is 0 Å². The van der Waals surface area contributed by atoms with Gasteiger partial charge in [-0.2, -0.15) is 18.3 Å². The maximum atomic E-state index is 12.7. The van der Waals surface area contributed by atoms with Crippen LogP contribution in [0.3, 0.4) is 0 Å². The van der Waals surface area contributed by atoms with Gasteiger partial charge in [0.25, 0.3) is 0 Å². The van der Waals surface area contributed by atoms with Gasteiger partial charge in [0.1, 0.15) is 5.75 Å². The van der Waals surface area contributed by atoms with E-state index in [1.807, 2.05) is 0 Å². The number of carboxylic acid groups (broad SMARTS) is 1. The van der Waals surface area contributed by atoms with E-state index in [-0.39, 0.29) is 17.0 Å². The molecule has 1 aromatic heterocycles. The number of phenols is 1. The highest BCUT2D eigenvalue weighted by Crippen LogP contribution is 2.38. The monoisotopic (exact) mass is 286 g/mol. The first kappa shape index (κ1) is 13.9. The Kier molecular flexibility index (Phi) is 3.16. The van der Waals surface area contributed by atoms with Crippen molar-refractivity contribution in [2.75, 3.05) is 0 Å². The molecule has 2 N–H and O–H groups in total. The molecule has 0 radical (unpaired) electrons. The number of alkyl halides is 3. The van der Waals surface area contributed by atoms with E-state index in [2.05, 4.69) is 5.10 Å². The zero-order valence-electron chi connectivity index (χ0n) is 10.1. The molecule has 106 valence electrons. The van der Waals surface area contributed by atoms with Crippen LogP contribution in [0.5, 0.6) is 5.75 Å². The van der Waals surface area contributed by atoms with E-state index >= 15 is 0 Å². The SMILES string of the molecule is Cn1nc(C(=O)O)cc1-c1ccc(O)c(C(F)(F)F)c1. The molecule has 20 heavy (non-hydrogen) atoms. The second-order valence-corrected chi connectivity index (χ2v) is 4.07. The normalized spacial score (nSPS) is 11.6. The lowest BCUT2D eigenvalue weighted by Crippen LogP contribution is -2.05. The van der Waals surface area contributed by atoms with Crippen LogP contribution in [-0.4, -0.2) is 26.0 Å². The molecule has 2 aromatic rings. The van der Waals surface area contributed by atoms with E-state index in [4.69, 9.17) is 5.11 Å². The van der Waals surface area contributed by atoms with Crippen LogP contribution >= 0.6 is 0 Å². The zero-order chi connectivity index (χ0) is 15.1. The molecule has 8 heteroatoms. The topological polar surface area (TPSA) is 75.4 Å². The Morgan fingerprint density at radius 2 is 1.95 bits per heavy atom. The minimum atomic E-state index is -4.70. The van der Waals surface area contributed by atoms with Crippen LogP contribution in [0.2, 0.25) is 0 Å². The van der Waals surface area contributed by atoms with Crippen molar-refractivity contribution in [3.63, 3.8) is 0 Å². The fourth-order valence-corrected chi connectivity index (χ4v) is 1.76. The third-order valence-corrected chi connectivity index (χ3v) is 2.70. The average molecular weight is 286 g/mol. The van der Waals surface area contributed by atoms with Crippen LogP contribution in [0.25, 0.3) is 11.3 Å². The number of benzene rings is 1. The van der Waals surface area contributed by atoms with E-state index in [9.17, 15) is 23.1 Å². The fourth-order valence-electron chi connectivity index (χ4n) is 1.76. The quantitative estimate of drug-likeness (QED) is 0.889. The summed E-state index contributed by atoms with van der Waals surface area (Å²) in [6, 6.07) is 4.08. The molecule has 0 aliphatic rings. The van der Waals surface area contributed by atoms with E-state index in [1.54, 1.807) is 0 Å². The second kappa shape index (κ2) is 4.55. The Morgan fingerprint density at radius 3 is 2.45 bits per heavy atom.